The van der Waals surface area contributed by atoms with Gasteiger partial charge in [0.1, 0.15) is 10.8 Å². The normalized spacial score (nSPS) is 10.9. The van der Waals surface area contributed by atoms with Crippen LogP contribution in [0.3, 0.4) is 0 Å². The topological polar surface area (TPSA) is 76.4 Å². The number of hydrogen-bond acceptors (Lipinski definition) is 6. The first-order valence-corrected chi connectivity index (χ1v) is 8.98. The molecular formula is C15H13FN4O2S2. The summed E-state index contributed by atoms with van der Waals surface area (Å²) < 4.78 is 14.1. The Morgan fingerprint density at radius 3 is 2.88 bits per heavy atom. The molecule has 6 nitrogen and oxygen atoms in total. The summed E-state index contributed by atoms with van der Waals surface area (Å²) in [6, 6.07) is 7.00. The van der Waals surface area contributed by atoms with Crippen LogP contribution in [0, 0.1) is 12.7 Å². The predicted molar refractivity (Wildman–Crippen MR) is 93.1 cm³/mol. The van der Waals surface area contributed by atoms with E-state index < -0.39 is 0 Å². The second-order valence-corrected chi connectivity index (χ2v) is 7.09. The van der Waals surface area contributed by atoms with Crippen molar-refractivity contribution in [2.75, 3.05) is 11.1 Å². The van der Waals surface area contributed by atoms with Crippen molar-refractivity contribution < 1.29 is 9.18 Å². The first kappa shape index (κ1) is 16.6. The number of thioether (sulfide) groups is 1. The second-order valence-electron chi connectivity index (χ2n) is 4.95. The van der Waals surface area contributed by atoms with Crippen LogP contribution in [-0.4, -0.2) is 26.3 Å². The van der Waals surface area contributed by atoms with Crippen LogP contribution in [-0.2, 0) is 10.5 Å². The standard InChI is InChI=1S/C15H13FN4O2S2/c1-9-19-20-14(22)6-12(18-15(20)24-9)7-23-8-13(21)17-11-4-2-10(16)3-5-11/h2-6H,7-8H2,1H3,(H,17,21). The molecule has 0 bridgehead atoms. The first-order valence-electron chi connectivity index (χ1n) is 7.01. The van der Waals surface area contributed by atoms with Crippen molar-refractivity contribution in [1.82, 2.24) is 14.6 Å². The molecule has 2 aromatic heterocycles. The Morgan fingerprint density at radius 2 is 2.12 bits per heavy atom. The maximum absolute atomic E-state index is 12.8. The number of aryl methyl sites for hydroxylation is 1. The molecule has 0 unspecified atom stereocenters. The molecule has 0 fully saturated rings. The number of anilines is 1. The van der Waals surface area contributed by atoms with Gasteiger partial charge in [-0.05, 0) is 31.2 Å². The highest BCUT2D eigenvalue weighted by Gasteiger charge is 2.08. The van der Waals surface area contributed by atoms with Crippen LogP contribution in [0.15, 0.2) is 35.1 Å². The highest BCUT2D eigenvalue weighted by atomic mass is 32.2. The molecule has 0 aliphatic heterocycles. The van der Waals surface area contributed by atoms with E-state index in [0.29, 0.717) is 22.1 Å². The van der Waals surface area contributed by atoms with Gasteiger partial charge >= 0.3 is 0 Å². The van der Waals surface area contributed by atoms with E-state index in [0.717, 1.165) is 5.01 Å². The third kappa shape index (κ3) is 3.98. The Hall–Kier alpha value is -2.26. The fourth-order valence-corrected chi connectivity index (χ4v) is 3.49. The number of carbonyl (C=O) groups excluding carboxylic acids is 1. The summed E-state index contributed by atoms with van der Waals surface area (Å²) in [6.45, 7) is 1.81. The molecule has 1 amide bonds. The molecule has 24 heavy (non-hydrogen) atoms. The third-order valence-corrected chi connectivity index (χ3v) is 4.80. The maximum atomic E-state index is 12.8. The van der Waals surface area contributed by atoms with Gasteiger partial charge in [0.2, 0.25) is 10.9 Å². The minimum absolute atomic E-state index is 0.196. The molecular weight excluding hydrogens is 351 g/mol. The van der Waals surface area contributed by atoms with Crippen molar-refractivity contribution in [3.05, 3.63) is 57.2 Å². The van der Waals surface area contributed by atoms with Crippen LogP contribution in [0.2, 0.25) is 0 Å². The summed E-state index contributed by atoms with van der Waals surface area (Å²) in [5, 5.41) is 7.52. The molecule has 0 radical (unpaired) electrons. The highest BCUT2D eigenvalue weighted by Crippen LogP contribution is 2.14. The van der Waals surface area contributed by atoms with Gasteiger partial charge in [0, 0.05) is 17.5 Å². The molecule has 0 saturated carbocycles. The van der Waals surface area contributed by atoms with E-state index in [9.17, 15) is 14.0 Å². The van der Waals surface area contributed by atoms with Gasteiger partial charge in [-0.2, -0.15) is 9.61 Å². The van der Waals surface area contributed by atoms with E-state index in [2.05, 4.69) is 15.4 Å². The summed E-state index contributed by atoms with van der Waals surface area (Å²) >= 11 is 2.69. The number of nitrogens with one attached hydrogen (secondary N) is 1. The fraction of sp³-hybridized carbons (Fsp3) is 0.200. The molecule has 0 saturated heterocycles. The Balaban J connectivity index is 1.57. The van der Waals surface area contributed by atoms with Gasteiger partial charge in [0.05, 0.1) is 11.4 Å². The van der Waals surface area contributed by atoms with Gasteiger partial charge in [-0.25, -0.2) is 9.37 Å². The van der Waals surface area contributed by atoms with Crippen molar-refractivity contribution in [1.29, 1.82) is 0 Å². The summed E-state index contributed by atoms with van der Waals surface area (Å²) in [5.41, 5.74) is 0.930. The van der Waals surface area contributed by atoms with Gasteiger partial charge in [0.25, 0.3) is 5.56 Å². The molecule has 0 spiro atoms. The number of benzene rings is 1. The second kappa shape index (κ2) is 7.10. The van der Waals surface area contributed by atoms with Crippen molar-refractivity contribution in [2.45, 2.75) is 12.7 Å². The molecule has 0 atom stereocenters. The minimum Gasteiger partial charge on any atom is -0.325 e. The van der Waals surface area contributed by atoms with Gasteiger partial charge in [-0.3, -0.25) is 9.59 Å². The van der Waals surface area contributed by atoms with Gasteiger partial charge in [0.15, 0.2) is 0 Å². The molecule has 1 N–H and O–H groups in total. The lowest BCUT2D eigenvalue weighted by Gasteiger charge is -2.05. The lowest BCUT2D eigenvalue weighted by molar-refractivity contribution is -0.113. The number of halogens is 1. The molecule has 0 aliphatic carbocycles. The first-order chi connectivity index (χ1) is 11.5. The van der Waals surface area contributed by atoms with Crippen molar-refractivity contribution in [3.63, 3.8) is 0 Å². The Kier molecular flexibility index (Phi) is 4.91. The highest BCUT2D eigenvalue weighted by molar-refractivity contribution is 7.99. The zero-order valence-electron chi connectivity index (χ0n) is 12.7. The molecule has 2 heterocycles. The molecule has 0 aliphatic rings. The van der Waals surface area contributed by atoms with E-state index >= 15 is 0 Å². The fourth-order valence-electron chi connectivity index (χ4n) is 2.00. The largest absolute Gasteiger partial charge is 0.325 e. The number of carbonyl (C=O) groups is 1. The van der Waals surface area contributed by atoms with Crippen molar-refractivity contribution >= 4 is 39.7 Å². The number of fused-ring (bicyclic) bond motifs is 1. The number of hydrogen-bond donors (Lipinski definition) is 1. The summed E-state index contributed by atoms with van der Waals surface area (Å²) in [6.07, 6.45) is 0. The van der Waals surface area contributed by atoms with Gasteiger partial charge in [-0.1, -0.05) is 11.3 Å². The van der Waals surface area contributed by atoms with Crippen LogP contribution in [0.1, 0.15) is 10.7 Å². The lowest BCUT2D eigenvalue weighted by atomic mass is 10.3. The smallest absolute Gasteiger partial charge is 0.275 e. The molecule has 3 rings (SSSR count). The van der Waals surface area contributed by atoms with Gasteiger partial charge in [-0.15, -0.1) is 11.8 Å². The zero-order chi connectivity index (χ0) is 17.1. The SMILES string of the molecule is Cc1nn2c(=O)cc(CSCC(=O)Nc3ccc(F)cc3)nc2s1. The number of amides is 1. The number of nitrogens with zero attached hydrogens (tertiary/aromatic N) is 3. The zero-order valence-corrected chi connectivity index (χ0v) is 14.3. The van der Waals surface area contributed by atoms with Crippen LogP contribution in [0.5, 0.6) is 0 Å². The number of aromatic nitrogens is 3. The number of rotatable bonds is 5. The summed E-state index contributed by atoms with van der Waals surface area (Å²) in [5.74, 6) is 0.103. The van der Waals surface area contributed by atoms with Crippen LogP contribution in [0.25, 0.3) is 4.96 Å². The average molecular weight is 364 g/mol. The van der Waals surface area contributed by atoms with E-state index in [1.54, 1.807) is 0 Å². The molecule has 3 aromatic rings. The summed E-state index contributed by atoms with van der Waals surface area (Å²) in [7, 11) is 0. The van der Waals surface area contributed by atoms with E-state index in [1.807, 2.05) is 6.92 Å². The Morgan fingerprint density at radius 1 is 1.38 bits per heavy atom. The van der Waals surface area contributed by atoms with Crippen molar-refractivity contribution in [2.24, 2.45) is 0 Å². The molecule has 124 valence electrons. The van der Waals surface area contributed by atoms with E-state index in [-0.39, 0.29) is 23.0 Å². The molecule has 1 aromatic carbocycles. The van der Waals surface area contributed by atoms with E-state index in [4.69, 9.17) is 0 Å². The Bertz CT molecular complexity index is 937. The quantitative estimate of drug-likeness (QED) is 0.753. The van der Waals surface area contributed by atoms with Crippen LogP contribution < -0.4 is 10.9 Å². The Labute approximate surface area is 144 Å². The van der Waals surface area contributed by atoms with Crippen LogP contribution in [0.4, 0.5) is 10.1 Å². The monoisotopic (exact) mass is 364 g/mol. The summed E-state index contributed by atoms with van der Waals surface area (Å²) in [4.78, 5) is 28.7. The van der Waals surface area contributed by atoms with E-state index in [1.165, 1.54) is 57.9 Å². The predicted octanol–water partition coefficient (Wildman–Crippen LogP) is 2.47. The van der Waals surface area contributed by atoms with Crippen LogP contribution >= 0.6 is 23.1 Å². The minimum atomic E-state index is -0.353. The lowest BCUT2D eigenvalue weighted by Crippen LogP contribution is -2.16. The van der Waals surface area contributed by atoms with Crippen molar-refractivity contribution in [3.8, 4) is 0 Å². The van der Waals surface area contributed by atoms with Gasteiger partial charge < -0.3 is 5.32 Å². The maximum Gasteiger partial charge on any atom is 0.275 e. The average Bonchev–Trinajstić information content (AvgIpc) is 2.91. The molecule has 9 heteroatoms. The third-order valence-electron chi connectivity index (χ3n) is 3.01.